The molecule has 0 spiro atoms. The third kappa shape index (κ3) is 19.2. The summed E-state index contributed by atoms with van der Waals surface area (Å²) in [4.78, 5) is 0. The molecule has 182 valence electrons. The first-order chi connectivity index (χ1) is 14.8. The van der Waals surface area contributed by atoms with Gasteiger partial charge in [-0.05, 0) is 96.8 Å². The Hall–Kier alpha value is -1.48. The lowest BCUT2D eigenvalue weighted by Crippen LogP contribution is -2.22. The van der Waals surface area contributed by atoms with Crippen LogP contribution in [-0.4, -0.2) is 21.4 Å². The summed E-state index contributed by atoms with van der Waals surface area (Å²) < 4.78 is 0. The van der Waals surface area contributed by atoms with Gasteiger partial charge in [-0.25, -0.2) is 0 Å². The number of allylic oxidation sites excluding steroid dienone is 4. The molecule has 0 aromatic carbocycles. The van der Waals surface area contributed by atoms with Crippen LogP contribution < -0.4 is 0 Å². The van der Waals surface area contributed by atoms with Crippen LogP contribution in [0.3, 0.4) is 0 Å². The molecule has 0 fully saturated rings. The zero-order valence-electron chi connectivity index (χ0n) is 22.3. The van der Waals surface area contributed by atoms with Gasteiger partial charge in [-0.15, -0.1) is 0 Å². The van der Waals surface area contributed by atoms with Gasteiger partial charge in [0.05, 0.1) is 0 Å². The Labute approximate surface area is 200 Å². The Morgan fingerprint density at radius 1 is 0.781 bits per heavy atom. The average Bonchev–Trinajstić information content (AvgIpc) is 2.64. The summed E-state index contributed by atoms with van der Waals surface area (Å²) >= 11 is 0. The fourth-order valence-corrected chi connectivity index (χ4v) is 3.56. The minimum atomic E-state index is -1.07. The first kappa shape index (κ1) is 30.5. The van der Waals surface area contributed by atoms with Gasteiger partial charge >= 0.3 is 0 Å². The van der Waals surface area contributed by atoms with Gasteiger partial charge in [-0.2, -0.15) is 0 Å². The Morgan fingerprint density at radius 3 is 1.91 bits per heavy atom. The third-order valence-corrected chi connectivity index (χ3v) is 5.78. The molecule has 0 radical (unpaired) electrons. The smallest absolute Gasteiger partial charge is 0.124 e. The molecule has 0 aromatic heterocycles. The Balaban J connectivity index is 4.40. The molecule has 0 aliphatic rings. The Kier molecular flexibility index (Phi) is 15.4. The molecule has 0 rings (SSSR count). The highest BCUT2D eigenvalue weighted by Crippen LogP contribution is 2.20. The molecule has 0 aliphatic carbocycles. The molecular formula is C30H50O2. The van der Waals surface area contributed by atoms with Gasteiger partial charge in [-0.3, -0.25) is 0 Å². The van der Waals surface area contributed by atoms with Crippen LogP contribution in [0.1, 0.15) is 120 Å². The summed E-state index contributed by atoms with van der Waals surface area (Å²) in [5, 5.41) is 21.0. The maximum Gasteiger partial charge on any atom is 0.124 e. The van der Waals surface area contributed by atoms with Crippen molar-refractivity contribution in [1.82, 2.24) is 0 Å². The van der Waals surface area contributed by atoms with Crippen molar-refractivity contribution in [1.29, 1.82) is 0 Å². The third-order valence-electron chi connectivity index (χ3n) is 5.78. The van der Waals surface area contributed by atoms with Crippen LogP contribution in [0.15, 0.2) is 23.3 Å². The number of hydrogen-bond acceptors (Lipinski definition) is 2. The maximum absolute atomic E-state index is 10.5. The fraction of sp³-hybridized carbons (Fsp3) is 0.733. The highest BCUT2D eigenvalue weighted by molar-refractivity contribution is 5.32. The average molecular weight is 443 g/mol. The van der Waals surface area contributed by atoms with Gasteiger partial charge in [0.15, 0.2) is 0 Å². The van der Waals surface area contributed by atoms with E-state index in [1.807, 2.05) is 0 Å². The maximum atomic E-state index is 10.5. The van der Waals surface area contributed by atoms with Crippen LogP contribution in [0.4, 0.5) is 0 Å². The van der Waals surface area contributed by atoms with E-state index in [9.17, 15) is 10.2 Å². The van der Waals surface area contributed by atoms with E-state index in [0.29, 0.717) is 18.8 Å². The van der Waals surface area contributed by atoms with E-state index in [4.69, 9.17) is 0 Å². The fourth-order valence-electron chi connectivity index (χ4n) is 3.56. The van der Waals surface area contributed by atoms with Crippen molar-refractivity contribution in [2.75, 3.05) is 0 Å². The van der Waals surface area contributed by atoms with Gasteiger partial charge in [0.2, 0.25) is 0 Å². The topological polar surface area (TPSA) is 40.5 Å². The molecule has 3 atom stereocenters. The summed E-state index contributed by atoms with van der Waals surface area (Å²) in [5.74, 6) is 12.7. The highest BCUT2D eigenvalue weighted by Gasteiger charge is 2.17. The SMILES string of the molecule is CC(C)=CCC/C(C)=C/CCC(C)(O)C#CC#CC(C)(O)CCCC(C)CCCC(C)C. The van der Waals surface area contributed by atoms with E-state index in [-0.39, 0.29) is 0 Å². The summed E-state index contributed by atoms with van der Waals surface area (Å²) in [7, 11) is 0. The molecule has 2 nitrogen and oxygen atoms in total. The van der Waals surface area contributed by atoms with Gasteiger partial charge in [-0.1, -0.05) is 81.6 Å². The van der Waals surface area contributed by atoms with E-state index >= 15 is 0 Å². The van der Waals surface area contributed by atoms with E-state index in [0.717, 1.165) is 38.0 Å². The molecule has 0 heterocycles. The first-order valence-corrected chi connectivity index (χ1v) is 12.6. The molecular weight excluding hydrogens is 392 g/mol. The quantitative estimate of drug-likeness (QED) is 0.215. The van der Waals surface area contributed by atoms with Crippen LogP contribution in [0.2, 0.25) is 0 Å². The van der Waals surface area contributed by atoms with Crippen molar-refractivity contribution in [3.05, 3.63) is 23.3 Å². The molecule has 0 aromatic rings. The predicted molar refractivity (Wildman–Crippen MR) is 140 cm³/mol. The van der Waals surface area contributed by atoms with Gasteiger partial charge in [0.25, 0.3) is 0 Å². The van der Waals surface area contributed by atoms with Gasteiger partial charge in [0.1, 0.15) is 11.2 Å². The Morgan fingerprint density at radius 2 is 1.34 bits per heavy atom. The lowest BCUT2D eigenvalue weighted by Gasteiger charge is -2.18. The van der Waals surface area contributed by atoms with E-state index < -0.39 is 11.2 Å². The Bertz CT molecular complexity index is 695. The van der Waals surface area contributed by atoms with Crippen molar-refractivity contribution in [3.63, 3.8) is 0 Å². The van der Waals surface area contributed by atoms with Gasteiger partial charge in [0, 0.05) is 0 Å². The second kappa shape index (κ2) is 16.2. The number of aliphatic hydroxyl groups is 2. The summed E-state index contributed by atoms with van der Waals surface area (Å²) in [6.45, 7) is 16.7. The molecule has 0 aliphatic heterocycles. The van der Waals surface area contributed by atoms with E-state index in [1.54, 1.807) is 13.8 Å². The monoisotopic (exact) mass is 442 g/mol. The molecule has 0 saturated carbocycles. The second-order valence-electron chi connectivity index (χ2n) is 10.8. The van der Waals surface area contributed by atoms with Gasteiger partial charge < -0.3 is 10.2 Å². The largest absolute Gasteiger partial charge is 0.378 e. The second-order valence-corrected chi connectivity index (χ2v) is 10.8. The zero-order valence-corrected chi connectivity index (χ0v) is 22.3. The molecule has 0 saturated heterocycles. The normalized spacial score (nSPS) is 16.2. The molecule has 32 heavy (non-hydrogen) atoms. The van der Waals surface area contributed by atoms with Crippen LogP contribution >= 0.6 is 0 Å². The van der Waals surface area contributed by atoms with E-state index in [1.165, 1.54) is 30.4 Å². The lowest BCUT2D eigenvalue weighted by molar-refractivity contribution is 0.107. The lowest BCUT2D eigenvalue weighted by atomic mass is 9.92. The van der Waals surface area contributed by atoms with Crippen molar-refractivity contribution >= 4 is 0 Å². The number of hydrogen-bond donors (Lipinski definition) is 2. The van der Waals surface area contributed by atoms with Crippen molar-refractivity contribution in [2.24, 2.45) is 11.8 Å². The minimum absolute atomic E-state index is 0.576. The first-order valence-electron chi connectivity index (χ1n) is 12.6. The van der Waals surface area contributed by atoms with Crippen LogP contribution in [0.5, 0.6) is 0 Å². The molecule has 0 amide bonds. The van der Waals surface area contributed by atoms with Crippen LogP contribution in [0.25, 0.3) is 0 Å². The summed E-state index contributed by atoms with van der Waals surface area (Å²) in [6, 6.07) is 0. The van der Waals surface area contributed by atoms with Crippen LogP contribution in [-0.2, 0) is 0 Å². The number of rotatable bonds is 14. The molecule has 2 N–H and O–H groups in total. The minimum Gasteiger partial charge on any atom is -0.378 e. The van der Waals surface area contributed by atoms with E-state index in [2.05, 4.69) is 77.4 Å². The highest BCUT2D eigenvalue weighted by atomic mass is 16.3. The predicted octanol–water partition coefficient (Wildman–Crippen LogP) is 7.60. The summed E-state index contributed by atoms with van der Waals surface area (Å²) in [5.41, 5.74) is 0.602. The van der Waals surface area contributed by atoms with Crippen molar-refractivity contribution in [2.45, 2.75) is 131 Å². The molecule has 2 heteroatoms. The zero-order chi connectivity index (χ0) is 24.6. The molecule has 3 unspecified atom stereocenters. The summed E-state index contributed by atoms with van der Waals surface area (Å²) in [6.07, 6.45) is 14.5. The van der Waals surface area contributed by atoms with Crippen molar-refractivity contribution in [3.8, 4) is 23.7 Å². The standard InChI is InChI=1S/C30H50O2/c1-25(2)15-11-17-27(5)19-13-23-29(7,31)21-9-10-22-30(8,32)24-14-20-28(6)18-12-16-26(3)4/h15,19,26,28,31-32H,11-14,16-18,20,23-24H2,1-8H3/b27-19+. The van der Waals surface area contributed by atoms with Crippen LogP contribution in [0, 0.1) is 35.5 Å². The molecule has 0 bridgehead atoms. The van der Waals surface area contributed by atoms with Crippen molar-refractivity contribution < 1.29 is 10.2 Å².